The largest absolute Gasteiger partial charge is 0.369 e. The molecule has 2 heterocycles. The lowest BCUT2D eigenvalue weighted by atomic mass is 9.75. The number of hydrogen-bond donors (Lipinski definition) is 1. The first-order chi connectivity index (χ1) is 10.2. The third-order valence-corrected chi connectivity index (χ3v) is 4.60. The lowest BCUT2D eigenvalue weighted by molar-refractivity contribution is -0.125. The zero-order valence-corrected chi connectivity index (χ0v) is 11.4. The molecule has 1 aromatic carbocycles. The van der Waals surface area contributed by atoms with Crippen molar-refractivity contribution in [1.82, 2.24) is 4.98 Å². The lowest BCUT2D eigenvalue weighted by Crippen LogP contribution is -2.41. The van der Waals surface area contributed by atoms with Crippen LogP contribution in [0.25, 0.3) is 10.9 Å². The quantitative estimate of drug-likeness (QED) is 0.936. The first-order valence-electron chi connectivity index (χ1n) is 6.93. The fraction of sp³-hybridized carbons (Fsp3) is 0.250. The van der Waals surface area contributed by atoms with E-state index in [0.717, 1.165) is 29.3 Å². The summed E-state index contributed by atoms with van der Waals surface area (Å²) in [5.74, 6) is -0.311. The molecule has 2 aliphatic rings. The highest BCUT2D eigenvalue weighted by molar-refractivity contribution is 5.87. The van der Waals surface area contributed by atoms with Crippen LogP contribution in [0.2, 0.25) is 0 Å². The number of aromatic nitrogens is 1. The maximum Gasteiger partial charge on any atom is 0.226 e. The highest BCUT2D eigenvalue weighted by atomic mass is 16.1. The molecule has 0 radical (unpaired) electrons. The van der Waals surface area contributed by atoms with Crippen LogP contribution in [0.1, 0.15) is 18.4 Å². The predicted octanol–water partition coefficient (Wildman–Crippen LogP) is 2.68. The van der Waals surface area contributed by atoms with Crippen molar-refractivity contribution in [2.45, 2.75) is 18.4 Å². The molecule has 1 fully saturated rings. The minimum absolute atomic E-state index is 0.311. The van der Waals surface area contributed by atoms with E-state index >= 15 is 0 Å². The molecule has 1 atom stereocenters. The number of nitrogens with zero attached hydrogens (tertiary/aromatic N) is 3. The molecule has 0 bridgehead atoms. The average Bonchev–Trinajstić information content (AvgIpc) is 3.19. The average molecular weight is 278 g/mol. The molecule has 4 rings (SSSR count). The summed E-state index contributed by atoms with van der Waals surface area (Å²) in [5.41, 5.74) is 6.04. The van der Waals surface area contributed by atoms with Gasteiger partial charge in [-0.2, -0.15) is 10.2 Å². The topological polar surface area (TPSA) is 80.7 Å². The Hall–Kier alpha value is -2.56. The van der Waals surface area contributed by atoms with Crippen LogP contribution in [0.15, 0.2) is 59.0 Å². The van der Waals surface area contributed by atoms with Crippen molar-refractivity contribution in [1.29, 1.82) is 0 Å². The molecule has 1 aromatic heterocycles. The first-order valence-corrected chi connectivity index (χ1v) is 6.93. The molecule has 0 spiro atoms. The SMILES string of the molecule is NC(=O)C1(C2(c3ccc4cccnc4c3)C=CN=N2)CC1. The Kier molecular flexibility index (Phi) is 2.31. The number of primary amides is 1. The highest BCUT2D eigenvalue weighted by Crippen LogP contribution is 2.62. The summed E-state index contributed by atoms with van der Waals surface area (Å²) >= 11 is 0. The maximum absolute atomic E-state index is 12.0. The number of benzene rings is 1. The molecule has 5 nitrogen and oxygen atoms in total. The molecule has 5 heteroatoms. The van der Waals surface area contributed by atoms with E-state index in [2.05, 4.69) is 15.2 Å². The van der Waals surface area contributed by atoms with E-state index < -0.39 is 11.0 Å². The van der Waals surface area contributed by atoms with Gasteiger partial charge in [0, 0.05) is 17.8 Å². The van der Waals surface area contributed by atoms with Crippen molar-refractivity contribution < 1.29 is 4.79 Å². The van der Waals surface area contributed by atoms with Gasteiger partial charge in [0.15, 0.2) is 0 Å². The minimum Gasteiger partial charge on any atom is -0.369 e. The molecule has 1 aliphatic carbocycles. The van der Waals surface area contributed by atoms with Crippen LogP contribution < -0.4 is 5.73 Å². The molecule has 1 aliphatic heterocycles. The van der Waals surface area contributed by atoms with E-state index in [1.807, 2.05) is 36.4 Å². The second-order valence-corrected chi connectivity index (χ2v) is 5.65. The van der Waals surface area contributed by atoms with Gasteiger partial charge in [-0.1, -0.05) is 18.2 Å². The molecule has 21 heavy (non-hydrogen) atoms. The van der Waals surface area contributed by atoms with Crippen molar-refractivity contribution in [3.05, 3.63) is 54.4 Å². The smallest absolute Gasteiger partial charge is 0.226 e. The van der Waals surface area contributed by atoms with E-state index in [0.29, 0.717) is 0 Å². The van der Waals surface area contributed by atoms with Crippen LogP contribution in [0.3, 0.4) is 0 Å². The van der Waals surface area contributed by atoms with Gasteiger partial charge in [-0.3, -0.25) is 9.78 Å². The second kappa shape index (κ2) is 3.97. The standard InChI is InChI=1S/C16H14N4O/c17-14(21)15(5-6-15)16(7-9-19-20-16)12-4-3-11-2-1-8-18-13(11)10-12/h1-4,7-10H,5-6H2,(H2,17,21). The zero-order chi connectivity index (χ0) is 14.5. The maximum atomic E-state index is 12.0. The Morgan fingerprint density at radius 1 is 1.24 bits per heavy atom. The van der Waals surface area contributed by atoms with E-state index in [1.165, 1.54) is 0 Å². The summed E-state index contributed by atoms with van der Waals surface area (Å²) in [5, 5.41) is 9.44. The third kappa shape index (κ3) is 1.51. The van der Waals surface area contributed by atoms with Gasteiger partial charge in [0.2, 0.25) is 5.91 Å². The Bertz CT molecular complexity index is 793. The predicted molar refractivity (Wildman–Crippen MR) is 78.3 cm³/mol. The van der Waals surface area contributed by atoms with E-state index in [-0.39, 0.29) is 5.91 Å². The highest BCUT2D eigenvalue weighted by Gasteiger charge is 2.65. The summed E-state index contributed by atoms with van der Waals surface area (Å²) in [6.45, 7) is 0. The zero-order valence-electron chi connectivity index (χ0n) is 11.4. The van der Waals surface area contributed by atoms with Crippen molar-refractivity contribution in [3.63, 3.8) is 0 Å². The normalized spacial score (nSPS) is 25.3. The number of nitrogens with two attached hydrogens (primary N) is 1. The molecule has 2 N–H and O–H groups in total. The molecule has 0 saturated heterocycles. The molecular weight excluding hydrogens is 264 g/mol. The van der Waals surface area contributed by atoms with E-state index in [9.17, 15) is 4.79 Å². The van der Waals surface area contributed by atoms with Crippen LogP contribution in [0.4, 0.5) is 0 Å². The number of carbonyl (C=O) groups excluding carboxylic acids is 1. The molecular formula is C16H14N4O. The molecule has 2 aromatic rings. The third-order valence-electron chi connectivity index (χ3n) is 4.60. The summed E-state index contributed by atoms with van der Waals surface area (Å²) in [6, 6.07) is 9.87. The van der Waals surface area contributed by atoms with Crippen LogP contribution in [-0.2, 0) is 10.3 Å². The van der Waals surface area contributed by atoms with Crippen LogP contribution in [-0.4, -0.2) is 10.9 Å². The van der Waals surface area contributed by atoms with E-state index in [4.69, 9.17) is 5.73 Å². The number of pyridine rings is 1. The van der Waals surface area contributed by atoms with Gasteiger partial charge < -0.3 is 5.73 Å². The van der Waals surface area contributed by atoms with Crippen LogP contribution in [0, 0.1) is 5.41 Å². The molecule has 104 valence electrons. The van der Waals surface area contributed by atoms with Gasteiger partial charge in [-0.25, -0.2) is 0 Å². The number of rotatable bonds is 3. The Morgan fingerprint density at radius 3 is 2.76 bits per heavy atom. The van der Waals surface area contributed by atoms with Crippen molar-refractivity contribution in [2.75, 3.05) is 0 Å². The van der Waals surface area contributed by atoms with Crippen molar-refractivity contribution in [3.8, 4) is 0 Å². The van der Waals surface area contributed by atoms with Gasteiger partial charge in [0.25, 0.3) is 0 Å². The summed E-state index contributed by atoms with van der Waals surface area (Å²) in [4.78, 5) is 16.4. The number of fused-ring (bicyclic) bond motifs is 1. The minimum atomic E-state index is -0.773. The number of amides is 1. The fourth-order valence-electron chi connectivity index (χ4n) is 3.23. The Morgan fingerprint density at radius 2 is 2.10 bits per heavy atom. The van der Waals surface area contributed by atoms with Crippen LogP contribution in [0.5, 0.6) is 0 Å². The van der Waals surface area contributed by atoms with Gasteiger partial charge in [0.05, 0.1) is 10.9 Å². The van der Waals surface area contributed by atoms with Gasteiger partial charge in [0.1, 0.15) is 5.54 Å². The summed E-state index contributed by atoms with van der Waals surface area (Å²) < 4.78 is 0. The monoisotopic (exact) mass is 278 g/mol. The van der Waals surface area contributed by atoms with Gasteiger partial charge in [-0.15, -0.1) is 0 Å². The number of hydrogen-bond acceptors (Lipinski definition) is 4. The van der Waals surface area contributed by atoms with E-state index in [1.54, 1.807) is 12.4 Å². The molecule has 1 amide bonds. The number of azo groups is 1. The van der Waals surface area contributed by atoms with Gasteiger partial charge in [-0.05, 0) is 36.6 Å². The van der Waals surface area contributed by atoms with Crippen LogP contribution >= 0.6 is 0 Å². The Labute approximate surface area is 121 Å². The number of carbonyl (C=O) groups is 1. The Balaban J connectivity index is 1.93. The van der Waals surface area contributed by atoms with Crippen molar-refractivity contribution in [2.24, 2.45) is 21.4 Å². The lowest BCUT2D eigenvalue weighted by Gasteiger charge is -2.30. The summed E-state index contributed by atoms with van der Waals surface area (Å²) in [7, 11) is 0. The van der Waals surface area contributed by atoms with Gasteiger partial charge >= 0.3 is 0 Å². The second-order valence-electron chi connectivity index (χ2n) is 5.65. The molecule has 1 unspecified atom stereocenters. The fourth-order valence-corrected chi connectivity index (χ4v) is 3.23. The summed E-state index contributed by atoms with van der Waals surface area (Å²) in [6.07, 6.45) is 6.77. The van der Waals surface area contributed by atoms with Crippen molar-refractivity contribution >= 4 is 16.8 Å². The first kappa shape index (κ1) is 12.2. The molecule has 1 saturated carbocycles.